The molecule has 1 fully saturated rings. The molecule has 0 saturated carbocycles. The number of imide groups is 1. The summed E-state index contributed by atoms with van der Waals surface area (Å²) in [6.45, 7) is 8.90. The van der Waals surface area contributed by atoms with E-state index in [1.807, 2.05) is 25.7 Å². The Kier molecular flexibility index (Phi) is 14.7. The summed E-state index contributed by atoms with van der Waals surface area (Å²) in [6.07, 6.45) is 2.89. The van der Waals surface area contributed by atoms with Crippen LogP contribution >= 0.6 is 0 Å². The molecular weight excluding hydrogens is 430 g/mol. The van der Waals surface area contributed by atoms with Gasteiger partial charge in [-0.2, -0.15) is 0 Å². The summed E-state index contributed by atoms with van der Waals surface area (Å²) >= 11 is 0. The van der Waals surface area contributed by atoms with Crippen molar-refractivity contribution in [2.24, 2.45) is 28.1 Å². The van der Waals surface area contributed by atoms with Crippen LogP contribution < -0.4 is 27.8 Å². The van der Waals surface area contributed by atoms with Crippen LogP contribution in [0.25, 0.3) is 0 Å². The number of carboxylic acids is 1. The molecule has 1 saturated heterocycles. The lowest BCUT2D eigenvalue weighted by atomic mass is 10.0. The Morgan fingerprint density at radius 1 is 1.18 bits per heavy atom. The van der Waals surface area contributed by atoms with Crippen LogP contribution in [-0.4, -0.2) is 77.4 Å². The third kappa shape index (κ3) is 13.4. The minimum atomic E-state index is -0.879. The fraction of sp³-hybridized carbons (Fsp3) is 0.762. The summed E-state index contributed by atoms with van der Waals surface area (Å²) in [7, 11) is 0. The lowest BCUT2D eigenvalue weighted by molar-refractivity contribution is -0.136. The Hall–Kier alpha value is -2.73. The van der Waals surface area contributed by atoms with E-state index in [4.69, 9.17) is 27.1 Å². The van der Waals surface area contributed by atoms with Gasteiger partial charge in [0, 0.05) is 13.5 Å². The Morgan fingerprint density at radius 2 is 1.79 bits per heavy atom. The third-order valence-electron chi connectivity index (χ3n) is 4.96. The van der Waals surface area contributed by atoms with Crippen LogP contribution in [0, 0.1) is 5.92 Å². The van der Waals surface area contributed by atoms with Crippen LogP contribution in [0.4, 0.5) is 0 Å². The first kappa shape index (κ1) is 30.3. The number of nitrogens with two attached hydrogens (primary N) is 3. The van der Waals surface area contributed by atoms with E-state index >= 15 is 0 Å². The van der Waals surface area contributed by atoms with Crippen molar-refractivity contribution in [1.82, 2.24) is 15.5 Å². The van der Waals surface area contributed by atoms with Crippen molar-refractivity contribution in [2.45, 2.75) is 77.9 Å². The van der Waals surface area contributed by atoms with Gasteiger partial charge in [0.2, 0.25) is 17.7 Å². The van der Waals surface area contributed by atoms with Crippen molar-refractivity contribution in [3.8, 4) is 0 Å². The summed E-state index contributed by atoms with van der Waals surface area (Å²) in [6, 6.07) is -1.91. The van der Waals surface area contributed by atoms with Gasteiger partial charge in [-0.15, -0.1) is 0 Å². The number of hydrogen-bond acceptors (Lipinski definition) is 7. The summed E-state index contributed by atoms with van der Waals surface area (Å²) in [4.78, 5) is 52.6. The largest absolute Gasteiger partial charge is 0.481 e. The smallest absolute Gasteiger partial charge is 0.300 e. The molecule has 0 aromatic rings. The topological polar surface area (TPSA) is 206 Å². The van der Waals surface area contributed by atoms with Crippen molar-refractivity contribution >= 4 is 29.7 Å². The molecule has 33 heavy (non-hydrogen) atoms. The Morgan fingerprint density at radius 3 is 2.30 bits per heavy atom. The molecule has 0 bridgehead atoms. The van der Waals surface area contributed by atoms with E-state index in [-0.39, 0.29) is 30.2 Å². The van der Waals surface area contributed by atoms with Crippen molar-refractivity contribution < 1.29 is 24.3 Å². The number of carbonyl (C=O) groups is 4. The second kappa shape index (κ2) is 16.0. The van der Waals surface area contributed by atoms with E-state index < -0.39 is 29.9 Å². The number of likely N-dealkylation sites (N-methyl/N-ethyl adjacent to an activating group) is 1. The van der Waals surface area contributed by atoms with Crippen LogP contribution in [0.2, 0.25) is 0 Å². The number of likely N-dealkylation sites (tertiary alicyclic amines) is 1. The van der Waals surface area contributed by atoms with Gasteiger partial charge in [-0.1, -0.05) is 20.8 Å². The highest BCUT2D eigenvalue weighted by Gasteiger charge is 2.32. The molecule has 0 aromatic heterocycles. The molecule has 190 valence electrons. The monoisotopic (exact) mass is 471 g/mol. The maximum absolute atomic E-state index is 12.7. The molecule has 0 spiro atoms. The van der Waals surface area contributed by atoms with Gasteiger partial charge >= 0.3 is 0 Å². The first-order valence-electron chi connectivity index (χ1n) is 11.3. The minimum Gasteiger partial charge on any atom is -0.481 e. The molecule has 1 heterocycles. The van der Waals surface area contributed by atoms with Gasteiger partial charge in [0.25, 0.3) is 5.97 Å². The molecule has 1 aliphatic rings. The number of hydrogen-bond donors (Lipinski definition) is 6. The lowest BCUT2D eigenvalue weighted by Crippen LogP contribution is -2.55. The molecule has 0 aromatic carbocycles. The van der Waals surface area contributed by atoms with Crippen LogP contribution in [0.3, 0.4) is 0 Å². The summed E-state index contributed by atoms with van der Waals surface area (Å²) in [5.41, 5.74) is 16.5. The minimum absolute atomic E-state index is 0.0370. The van der Waals surface area contributed by atoms with Crippen LogP contribution in [0.5, 0.6) is 0 Å². The number of carboxylic acid groups (broad SMARTS) is 1. The first-order valence-corrected chi connectivity index (χ1v) is 11.3. The molecule has 3 atom stereocenters. The Bertz CT molecular complexity index is 676. The van der Waals surface area contributed by atoms with E-state index in [9.17, 15) is 14.4 Å². The van der Waals surface area contributed by atoms with Gasteiger partial charge < -0.3 is 27.6 Å². The van der Waals surface area contributed by atoms with Crippen molar-refractivity contribution in [3.63, 3.8) is 0 Å². The number of rotatable bonds is 11. The number of nitrogens with one attached hydrogen (secondary N) is 2. The number of nitrogens with zero attached hydrogens (tertiary/aromatic N) is 2. The molecule has 1 rings (SSSR count). The Labute approximate surface area is 195 Å². The standard InChI is InChI=1S/C19H37N7O3.C2H4O2/c1-4-26-10-6-8-15(26)18(29)25-17(28)14(7-5-9-23-19(21)22)24-16(27)13(20)11-12(2)3;1-2(3)4/h12-15H,4-11,20H2,1-3H3,(H,24,27)(H4,21,22,23)(H,25,28,29);1H3,(H,3,4)/t13-,14+,15+;/m1./s1. The second-order valence-corrected chi connectivity index (χ2v) is 8.41. The van der Waals surface area contributed by atoms with Crippen LogP contribution in [0.15, 0.2) is 4.99 Å². The number of carbonyl (C=O) groups excluding carboxylic acids is 3. The van der Waals surface area contributed by atoms with E-state index in [1.54, 1.807) is 0 Å². The maximum Gasteiger partial charge on any atom is 0.300 e. The molecule has 12 heteroatoms. The molecule has 0 aliphatic carbocycles. The second-order valence-electron chi connectivity index (χ2n) is 8.41. The average molecular weight is 472 g/mol. The first-order chi connectivity index (χ1) is 15.4. The molecule has 12 nitrogen and oxygen atoms in total. The molecule has 9 N–H and O–H groups in total. The quantitative estimate of drug-likeness (QED) is 0.125. The van der Waals surface area contributed by atoms with E-state index in [0.29, 0.717) is 25.8 Å². The molecule has 0 unspecified atom stereocenters. The number of aliphatic imine (C=N–C) groups is 1. The summed E-state index contributed by atoms with van der Waals surface area (Å²) in [5, 5.41) is 12.6. The third-order valence-corrected chi connectivity index (χ3v) is 4.96. The number of guanidine groups is 1. The Balaban J connectivity index is 0.00000235. The average Bonchev–Trinajstić information content (AvgIpc) is 3.17. The van der Waals surface area contributed by atoms with Crippen LogP contribution in [0.1, 0.15) is 59.8 Å². The summed E-state index contributed by atoms with van der Waals surface area (Å²) < 4.78 is 0. The highest BCUT2D eigenvalue weighted by molar-refractivity contribution is 6.01. The number of aliphatic carboxylic acids is 1. The predicted octanol–water partition coefficient (Wildman–Crippen LogP) is -0.884. The SMILES string of the molecule is CC(=O)O.CCN1CCC[C@H]1C(=O)NC(=O)[C@H](CCCN=C(N)N)NC(=O)[C@H](N)CC(C)C. The predicted molar refractivity (Wildman–Crippen MR) is 126 cm³/mol. The van der Waals surface area contributed by atoms with E-state index in [2.05, 4.69) is 15.6 Å². The molecular formula is C21H41N7O5. The van der Waals surface area contributed by atoms with Gasteiger partial charge in [-0.3, -0.25) is 34.4 Å². The zero-order valence-corrected chi connectivity index (χ0v) is 20.2. The zero-order chi connectivity index (χ0) is 25.6. The lowest BCUT2D eigenvalue weighted by Gasteiger charge is -2.24. The zero-order valence-electron chi connectivity index (χ0n) is 20.2. The van der Waals surface area contributed by atoms with Gasteiger partial charge in [0.1, 0.15) is 6.04 Å². The highest BCUT2D eigenvalue weighted by Crippen LogP contribution is 2.16. The van der Waals surface area contributed by atoms with Crippen molar-refractivity contribution in [2.75, 3.05) is 19.6 Å². The van der Waals surface area contributed by atoms with E-state index in [1.165, 1.54) is 0 Å². The fourth-order valence-electron chi connectivity index (χ4n) is 3.46. The van der Waals surface area contributed by atoms with Gasteiger partial charge in [-0.05, 0) is 51.1 Å². The van der Waals surface area contributed by atoms with Crippen LogP contribution in [-0.2, 0) is 19.2 Å². The summed E-state index contributed by atoms with van der Waals surface area (Å²) in [5.74, 6) is -1.90. The maximum atomic E-state index is 12.7. The van der Waals surface area contributed by atoms with E-state index in [0.717, 1.165) is 26.4 Å². The normalized spacial score (nSPS) is 17.3. The fourth-order valence-corrected chi connectivity index (χ4v) is 3.46. The van der Waals surface area contributed by atoms with Gasteiger partial charge in [-0.25, -0.2) is 0 Å². The molecule has 1 aliphatic heterocycles. The van der Waals surface area contributed by atoms with Crippen molar-refractivity contribution in [1.29, 1.82) is 0 Å². The van der Waals surface area contributed by atoms with Gasteiger partial charge in [0.05, 0.1) is 12.1 Å². The molecule has 3 amide bonds. The van der Waals surface area contributed by atoms with Gasteiger partial charge in [0.15, 0.2) is 5.96 Å². The highest BCUT2D eigenvalue weighted by atomic mass is 16.4. The van der Waals surface area contributed by atoms with Crippen molar-refractivity contribution in [3.05, 3.63) is 0 Å². The molecule has 0 radical (unpaired) electrons. The number of amides is 3.